The van der Waals surface area contributed by atoms with Crippen molar-refractivity contribution in [2.45, 2.75) is 57.0 Å². The molecule has 5 heteroatoms. The zero-order valence-corrected chi connectivity index (χ0v) is 12.0. The minimum atomic E-state index is -0.127. The first-order chi connectivity index (χ1) is 9.70. The first-order valence-corrected chi connectivity index (χ1v) is 7.91. The standard InChI is InChI=1S/C15H24N2O3/c18-8-2-4-12-3-1-7-16(12)15(20)11-9-14(19)17(10-11)13-5-6-13/h11-13,18H,1-10H2. The fourth-order valence-corrected chi connectivity index (χ4v) is 3.62. The number of likely N-dealkylation sites (tertiary alicyclic amines) is 2. The Hall–Kier alpha value is -1.10. The molecule has 3 rings (SSSR count). The molecule has 0 aromatic rings. The predicted octanol–water partition coefficient (Wildman–Crippen LogP) is 0.761. The number of amides is 2. The van der Waals surface area contributed by atoms with Crippen molar-refractivity contribution in [2.24, 2.45) is 5.92 Å². The summed E-state index contributed by atoms with van der Waals surface area (Å²) in [5.74, 6) is 0.205. The number of carbonyl (C=O) groups excluding carboxylic acids is 2. The van der Waals surface area contributed by atoms with Crippen LogP contribution in [0.3, 0.4) is 0 Å². The summed E-state index contributed by atoms with van der Waals surface area (Å²) in [4.78, 5) is 28.5. The Balaban J connectivity index is 1.59. The van der Waals surface area contributed by atoms with Gasteiger partial charge in [-0.2, -0.15) is 0 Å². The zero-order valence-electron chi connectivity index (χ0n) is 12.0. The van der Waals surface area contributed by atoms with E-state index in [1.165, 1.54) is 0 Å². The lowest BCUT2D eigenvalue weighted by Crippen LogP contribution is -2.40. The second kappa shape index (κ2) is 5.72. The summed E-state index contributed by atoms with van der Waals surface area (Å²) in [6.45, 7) is 1.64. The van der Waals surface area contributed by atoms with Gasteiger partial charge in [-0.05, 0) is 38.5 Å². The molecule has 0 spiro atoms. The highest BCUT2D eigenvalue weighted by molar-refractivity contribution is 5.89. The van der Waals surface area contributed by atoms with Crippen molar-refractivity contribution in [1.29, 1.82) is 0 Å². The SMILES string of the molecule is O=C1CC(C(=O)N2CCCC2CCCO)CN1C1CC1. The average molecular weight is 280 g/mol. The molecule has 1 N–H and O–H groups in total. The van der Waals surface area contributed by atoms with Gasteiger partial charge in [0.05, 0.1) is 5.92 Å². The quantitative estimate of drug-likeness (QED) is 0.809. The molecular weight excluding hydrogens is 256 g/mol. The van der Waals surface area contributed by atoms with E-state index >= 15 is 0 Å². The summed E-state index contributed by atoms with van der Waals surface area (Å²) >= 11 is 0. The summed E-state index contributed by atoms with van der Waals surface area (Å²) in [6.07, 6.45) is 6.35. The summed E-state index contributed by atoms with van der Waals surface area (Å²) in [7, 11) is 0. The van der Waals surface area contributed by atoms with Crippen molar-refractivity contribution in [2.75, 3.05) is 19.7 Å². The van der Waals surface area contributed by atoms with Crippen molar-refractivity contribution in [3.63, 3.8) is 0 Å². The third kappa shape index (κ3) is 2.68. The van der Waals surface area contributed by atoms with E-state index < -0.39 is 0 Å². The van der Waals surface area contributed by atoms with E-state index in [1.54, 1.807) is 0 Å². The summed E-state index contributed by atoms with van der Waals surface area (Å²) in [6, 6.07) is 0.698. The minimum Gasteiger partial charge on any atom is -0.396 e. The normalized spacial score (nSPS) is 30.4. The zero-order chi connectivity index (χ0) is 14.1. The Morgan fingerprint density at radius 1 is 1.30 bits per heavy atom. The van der Waals surface area contributed by atoms with Crippen LogP contribution in [0.5, 0.6) is 0 Å². The Morgan fingerprint density at radius 3 is 2.80 bits per heavy atom. The van der Waals surface area contributed by atoms with Crippen LogP contribution in [0.1, 0.15) is 44.9 Å². The fourth-order valence-electron chi connectivity index (χ4n) is 3.62. The number of hydrogen-bond donors (Lipinski definition) is 1. The molecule has 2 aliphatic heterocycles. The average Bonchev–Trinajstić information content (AvgIpc) is 3.05. The van der Waals surface area contributed by atoms with Crippen LogP contribution >= 0.6 is 0 Å². The van der Waals surface area contributed by atoms with Gasteiger partial charge in [-0.3, -0.25) is 9.59 Å². The van der Waals surface area contributed by atoms with E-state index in [4.69, 9.17) is 5.11 Å². The molecule has 2 saturated heterocycles. The van der Waals surface area contributed by atoms with Gasteiger partial charge in [-0.25, -0.2) is 0 Å². The lowest BCUT2D eigenvalue weighted by molar-refractivity contribution is -0.136. The number of carbonyl (C=O) groups is 2. The number of nitrogens with zero attached hydrogens (tertiary/aromatic N) is 2. The summed E-state index contributed by atoms with van der Waals surface area (Å²) < 4.78 is 0. The molecule has 0 aromatic carbocycles. The molecule has 0 aromatic heterocycles. The maximum Gasteiger partial charge on any atom is 0.228 e. The van der Waals surface area contributed by atoms with Gasteiger partial charge in [0.2, 0.25) is 11.8 Å². The molecular formula is C15H24N2O3. The molecule has 2 amide bonds. The third-order valence-electron chi connectivity index (χ3n) is 4.85. The third-order valence-corrected chi connectivity index (χ3v) is 4.85. The highest BCUT2D eigenvalue weighted by Gasteiger charge is 2.44. The molecule has 112 valence electrons. The Labute approximate surface area is 119 Å². The van der Waals surface area contributed by atoms with Crippen molar-refractivity contribution < 1.29 is 14.7 Å². The summed E-state index contributed by atoms with van der Waals surface area (Å²) in [5, 5.41) is 8.95. The van der Waals surface area contributed by atoms with Crippen LogP contribution in [0.4, 0.5) is 0 Å². The van der Waals surface area contributed by atoms with E-state index in [-0.39, 0.29) is 30.4 Å². The molecule has 1 aliphatic carbocycles. The molecule has 2 unspecified atom stereocenters. The van der Waals surface area contributed by atoms with E-state index in [0.29, 0.717) is 19.0 Å². The van der Waals surface area contributed by atoms with Gasteiger partial charge in [0, 0.05) is 38.2 Å². The minimum absolute atomic E-state index is 0.127. The molecule has 3 aliphatic rings. The van der Waals surface area contributed by atoms with Crippen LogP contribution in [-0.2, 0) is 9.59 Å². The van der Waals surface area contributed by atoms with Crippen LogP contribution in [0.2, 0.25) is 0 Å². The molecule has 0 radical (unpaired) electrons. The van der Waals surface area contributed by atoms with Crippen LogP contribution in [0.15, 0.2) is 0 Å². The van der Waals surface area contributed by atoms with E-state index in [2.05, 4.69) is 0 Å². The number of aliphatic hydroxyl groups is 1. The fraction of sp³-hybridized carbons (Fsp3) is 0.867. The molecule has 0 bridgehead atoms. The smallest absolute Gasteiger partial charge is 0.228 e. The number of aliphatic hydroxyl groups excluding tert-OH is 1. The Morgan fingerprint density at radius 2 is 2.10 bits per heavy atom. The molecule has 3 fully saturated rings. The van der Waals surface area contributed by atoms with Gasteiger partial charge in [-0.15, -0.1) is 0 Å². The molecule has 5 nitrogen and oxygen atoms in total. The van der Waals surface area contributed by atoms with Crippen molar-refractivity contribution in [1.82, 2.24) is 9.80 Å². The van der Waals surface area contributed by atoms with Crippen molar-refractivity contribution in [3.8, 4) is 0 Å². The Kier molecular flexibility index (Phi) is 3.96. The highest BCUT2D eigenvalue weighted by atomic mass is 16.3. The van der Waals surface area contributed by atoms with Gasteiger partial charge in [-0.1, -0.05) is 0 Å². The summed E-state index contributed by atoms with van der Waals surface area (Å²) in [5.41, 5.74) is 0. The van der Waals surface area contributed by atoms with Crippen molar-refractivity contribution >= 4 is 11.8 Å². The van der Waals surface area contributed by atoms with Gasteiger partial charge in [0.1, 0.15) is 0 Å². The van der Waals surface area contributed by atoms with Gasteiger partial charge in [0.25, 0.3) is 0 Å². The van der Waals surface area contributed by atoms with Gasteiger partial charge >= 0.3 is 0 Å². The van der Waals surface area contributed by atoms with Crippen molar-refractivity contribution in [3.05, 3.63) is 0 Å². The highest BCUT2D eigenvalue weighted by Crippen LogP contribution is 2.34. The predicted molar refractivity (Wildman–Crippen MR) is 73.9 cm³/mol. The molecule has 20 heavy (non-hydrogen) atoms. The van der Waals surface area contributed by atoms with Crippen LogP contribution in [0, 0.1) is 5.92 Å². The second-order valence-electron chi connectivity index (χ2n) is 6.37. The van der Waals surface area contributed by atoms with Crippen LogP contribution in [0.25, 0.3) is 0 Å². The monoisotopic (exact) mass is 280 g/mol. The molecule has 2 atom stereocenters. The topological polar surface area (TPSA) is 60.9 Å². The molecule has 2 heterocycles. The van der Waals surface area contributed by atoms with Gasteiger partial charge in [0.15, 0.2) is 0 Å². The first kappa shape index (κ1) is 13.9. The van der Waals surface area contributed by atoms with Crippen LogP contribution < -0.4 is 0 Å². The first-order valence-electron chi connectivity index (χ1n) is 7.91. The number of rotatable bonds is 5. The van der Waals surface area contributed by atoms with Gasteiger partial charge < -0.3 is 14.9 Å². The number of hydrogen-bond acceptors (Lipinski definition) is 3. The second-order valence-corrected chi connectivity index (χ2v) is 6.37. The van der Waals surface area contributed by atoms with E-state index in [1.807, 2.05) is 9.80 Å². The maximum absolute atomic E-state index is 12.6. The molecule has 1 saturated carbocycles. The van der Waals surface area contributed by atoms with E-state index in [0.717, 1.165) is 45.1 Å². The largest absolute Gasteiger partial charge is 0.396 e. The van der Waals surface area contributed by atoms with E-state index in [9.17, 15) is 9.59 Å². The van der Waals surface area contributed by atoms with Crippen LogP contribution in [-0.4, -0.2) is 58.5 Å². The Bertz CT molecular complexity index is 395. The maximum atomic E-state index is 12.6. The lowest BCUT2D eigenvalue weighted by atomic mass is 10.0. The lowest BCUT2D eigenvalue weighted by Gasteiger charge is -2.27.